The Balaban J connectivity index is 1.83. The highest BCUT2D eigenvalue weighted by molar-refractivity contribution is 6.31. The van der Waals surface area contributed by atoms with E-state index < -0.39 is 0 Å². The van der Waals surface area contributed by atoms with Gasteiger partial charge in [0.1, 0.15) is 5.82 Å². The average molecular weight is 399 g/mol. The number of hydrogen-bond donors (Lipinski definition) is 1. The second kappa shape index (κ2) is 6.79. The van der Waals surface area contributed by atoms with Crippen molar-refractivity contribution >= 4 is 29.1 Å². The lowest BCUT2D eigenvalue weighted by Gasteiger charge is -2.20. The molecule has 0 aliphatic carbocycles. The second-order valence-corrected chi connectivity index (χ2v) is 7.15. The third kappa shape index (κ3) is 2.86. The van der Waals surface area contributed by atoms with E-state index in [-0.39, 0.29) is 17.9 Å². The summed E-state index contributed by atoms with van der Waals surface area (Å²) in [6.45, 7) is 4.46. The highest BCUT2D eigenvalue weighted by Gasteiger charge is 2.36. The Bertz CT molecular complexity index is 1080. The Labute approximate surface area is 166 Å². The quantitative estimate of drug-likeness (QED) is 0.723. The Kier molecular flexibility index (Phi) is 4.43. The lowest BCUT2D eigenvalue weighted by molar-refractivity contribution is 0.0992. The van der Waals surface area contributed by atoms with E-state index in [2.05, 4.69) is 15.0 Å². The van der Waals surface area contributed by atoms with Crippen LogP contribution in [0.1, 0.15) is 36.1 Å². The number of carbonyl (C=O) groups excluding carboxylic acids is 1. The third-order valence-electron chi connectivity index (χ3n) is 4.61. The molecule has 8 nitrogen and oxygen atoms in total. The van der Waals surface area contributed by atoms with Crippen molar-refractivity contribution in [1.29, 1.82) is 0 Å². The van der Waals surface area contributed by atoms with Crippen molar-refractivity contribution in [2.24, 2.45) is 0 Å². The number of rotatable bonds is 4. The van der Waals surface area contributed by atoms with Crippen LogP contribution in [0.15, 0.2) is 30.5 Å². The number of nitrogen functional groups attached to an aromatic ring is 1. The number of methoxy groups -OCH3 is 1. The molecule has 2 aromatic heterocycles. The van der Waals surface area contributed by atoms with Crippen LogP contribution in [0, 0.1) is 0 Å². The molecule has 1 aromatic carbocycles. The molecule has 1 amide bonds. The summed E-state index contributed by atoms with van der Waals surface area (Å²) in [6.07, 6.45) is 1.57. The van der Waals surface area contributed by atoms with E-state index in [1.807, 2.05) is 30.5 Å². The molecule has 3 heterocycles. The SMILES string of the molecule is COc1nc(N)ncc1-c1nc2c(n1C(C)C)CN(c1cccc(Cl)c1)C2=O. The number of halogens is 1. The largest absolute Gasteiger partial charge is 0.480 e. The maximum atomic E-state index is 13.1. The minimum Gasteiger partial charge on any atom is -0.480 e. The fraction of sp³-hybridized carbons (Fsp3) is 0.263. The predicted octanol–water partition coefficient (Wildman–Crippen LogP) is 3.33. The van der Waals surface area contributed by atoms with Crippen LogP contribution >= 0.6 is 11.6 Å². The van der Waals surface area contributed by atoms with Crippen LogP contribution in [-0.2, 0) is 6.54 Å². The van der Waals surface area contributed by atoms with Crippen molar-refractivity contribution in [2.75, 3.05) is 17.7 Å². The predicted molar refractivity (Wildman–Crippen MR) is 107 cm³/mol. The molecule has 0 fully saturated rings. The Hall–Kier alpha value is -3.13. The number of carbonyl (C=O) groups is 1. The van der Waals surface area contributed by atoms with Crippen LogP contribution in [0.4, 0.5) is 11.6 Å². The number of fused-ring (bicyclic) bond motifs is 1. The number of benzene rings is 1. The lowest BCUT2D eigenvalue weighted by Crippen LogP contribution is -2.24. The lowest BCUT2D eigenvalue weighted by atomic mass is 10.2. The second-order valence-electron chi connectivity index (χ2n) is 6.72. The van der Waals surface area contributed by atoms with Gasteiger partial charge in [0.05, 0.1) is 24.9 Å². The zero-order valence-corrected chi connectivity index (χ0v) is 16.4. The van der Waals surface area contributed by atoms with Crippen LogP contribution < -0.4 is 15.4 Å². The highest BCUT2D eigenvalue weighted by Crippen LogP contribution is 2.36. The molecule has 1 aliphatic rings. The molecule has 0 radical (unpaired) electrons. The van der Waals surface area contributed by atoms with E-state index in [1.54, 1.807) is 23.2 Å². The number of hydrogen-bond acceptors (Lipinski definition) is 6. The molecule has 9 heteroatoms. The number of ether oxygens (including phenoxy) is 1. The normalized spacial score (nSPS) is 13.3. The van der Waals surface area contributed by atoms with Gasteiger partial charge >= 0.3 is 0 Å². The van der Waals surface area contributed by atoms with Gasteiger partial charge in [0.15, 0.2) is 5.69 Å². The summed E-state index contributed by atoms with van der Waals surface area (Å²) in [5.74, 6) is 0.834. The van der Waals surface area contributed by atoms with E-state index in [1.165, 1.54) is 7.11 Å². The van der Waals surface area contributed by atoms with Gasteiger partial charge in [0, 0.05) is 22.9 Å². The zero-order chi connectivity index (χ0) is 20.0. The van der Waals surface area contributed by atoms with E-state index in [0.717, 1.165) is 11.4 Å². The van der Waals surface area contributed by atoms with E-state index >= 15 is 0 Å². The third-order valence-corrected chi connectivity index (χ3v) is 4.84. The van der Waals surface area contributed by atoms with Crippen LogP contribution in [-0.4, -0.2) is 32.5 Å². The number of nitrogens with two attached hydrogens (primary N) is 1. The number of anilines is 2. The molecule has 0 spiro atoms. The number of imidazole rings is 1. The van der Waals surface area contributed by atoms with Gasteiger partial charge in [-0.15, -0.1) is 0 Å². The minimum absolute atomic E-state index is 0.0561. The first-order valence-corrected chi connectivity index (χ1v) is 9.14. The maximum absolute atomic E-state index is 13.1. The van der Waals surface area contributed by atoms with Crippen LogP contribution in [0.3, 0.4) is 0 Å². The van der Waals surface area contributed by atoms with Gasteiger partial charge in [-0.3, -0.25) is 4.79 Å². The van der Waals surface area contributed by atoms with Gasteiger partial charge < -0.3 is 19.9 Å². The van der Waals surface area contributed by atoms with Crippen molar-refractivity contribution in [2.45, 2.75) is 26.4 Å². The van der Waals surface area contributed by atoms with Crippen molar-refractivity contribution in [3.05, 3.63) is 46.9 Å². The van der Waals surface area contributed by atoms with Crippen LogP contribution in [0.2, 0.25) is 5.02 Å². The Morgan fingerprint density at radius 3 is 2.75 bits per heavy atom. The summed E-state index contributed by atoms with van der Waals surface area (Å²) in [6, 6.07) is 7.27. The first-order valence-electron chi connectivity index (χ1n) is 8.76. The highest BCUT2D eigenvalue weighted by atomic mass is 35.5. The Morgan fingerprint density at radius 1 is 1.29 bits per heavy atom. The van der Waals surface area contributed by atoms with Crippen LogP contribution in [0.25, 0.3) is 11.4 Å². The zero-order valence-electron chi connectivity index (χ0n) is 15.7. The molecule has 2 N–H and O–H groups in total. The first kappa shape index (κ1) is 18.2. The van der Waals surface area contributed by atoms with E-state index in [0.29, 0.717) is 34.5 Å². The molecule has 0 saturated carbocycles. The summed E-state index contributed by atoms with van der Waals surface area (Å²) in [4.78, 5) is 27.6. The smallest absolute Gasteiger partial charge is 0.279 e. The fourth-order valence-electron chi connectivity index (χ4n) is 3.42. The molecule has 4 rings (SSSR count). The molecule has 0 unspecified atom stereocenters. The summed E-state index contributed by atoms with van der Waals surface area (Å²) in [5, 5.41) is 0.575. The van der Waals surface area contributed by atoms with Crippen molar-refractivity contribution in [3.8, 4) is 17.3 Å². The molecule has 0 saturated heterocycles. The van der Waals surface area contributed by atoms with E-state index in [9.17, 15) is 4.79 Å². The van der Waals surface area contributed by atoms with Crippen LogP contribution in [0.5, 0.6) is 5.88 Å². The minimum atomic E-state index is -0.173. The van der Waals surface area contributed by atoms with Gasteiger partial charge in [-0.1, -0.05) is 17.7 Å². The van der Waals surface area contributed by atoms with E-state index in [4.69, 9.17) is 22.1 Å². The molecule has 28 heavy (non-hydrogen) atoms. The summed E-state index contributed by atoms with van der Waals surface area (Å²) in [7, 11) is 1.51. The fourth-order valence-corrected chi connectivity index (χ4v) is 3.61. The van der Waals surface area contributed by atoms with Crippen molar-refractivity contribution in [1.82, 2.24) is 19.5 Å². The molecular weight excluding hydrogens is 380 g/mol. The van der Waals surface area contributed by atoms with Gasteiger partial charge in [0.2, 0.25) is 11.8 Å². The van der Waals surface area contributed by atoms with Crippen molar-refractivity contribution in [3.63, 3.8) is 0 Å². The van der Waals surface area contributed by atoms with Crippen molar-refractivity contribution < 1.29 is 9.53 Å². The standard InChI is InChI=1S/C19H19ClN6O2/c1-10(2)26-14-9-25(12-6-4-5-11(20)7-12)18(27)15(14)23-16(26)13-8-22-19(21)24-17(13)28-3/h4-8,10H,9H2,1-3H3,(H2,21,22,24). The monoisotopic (exact) mass is 398 g/mol. The number of nitrogens with zero attached hydrogens (tertiary/aromatic N) is 5. The summed E-state index contributed by atoms with van der Waals surface area (Å²) in [5.41, 5.74) is 8.22. The van der Waals surface area contributed by atoms with Gasteiger partial charge in [-0.2, -0.15) is 4.98 Å². The molecule has 1 aliphatic heterocycles. The molecule has 144 valence electrons. The van der Waals surface area contributed by atoms with Gasteiger partial charge in [-0.05, 0) is 32.0 Å². The van der Waals surface area contributed by atoms with Gasteiger partial charge in [0.25, 0.3) is 5.91 Å². The summed E-state index contributed by atoms with van der Waals surface area (Å²) < 4.78 is 7.36. The number of aromatic nitrogens is 4. The molecule has 3 aromatic rings. The first-order chi connectivity index (χ1) is 13.4. The topological polar surface area (TPSA) is 99.2 Å². The summed E-state index contributed by atoms with van der Waals surface area (Å²) >= 11 is 6.09. The molecule has 0 bridgehead atoms. The number of amides is 1. The molecular formula is C19H19ClN6O2. The average Bonchev–Trinajstić information content (AvgIpc) is 3.18. The molecule has 0 atom stereocenters. The van der Waals surface area contributed by atoms with Gasteiger partial charge in [-0.25, -0.2) is 9.97 Å². The Morgan fingerprint density at radius 2 is 2.07 bits per heavy atom. The maximum Gasteiger partial charge on any atom is 0.279 e.